The Kier molecular flexibility index (Phi) is 6.26. The molecule has 0 saturated heterocycles. The largest absolute Gasteiger partial charge is 0.269 e. The van der Waals surface area contributed by atoms with E-state index >= 15 is 0 Å². The summed E-state index contributed by atoms with van der Waals surface area (Å²) in [5.41, 5.74) is 5.72. The highest BCUT2D eigenvalue weighted by molar-refractivity contribution is 7.68. The van der Waals surface area contributed by atoms with Gasteiger partial charge in [-0.1, -0.05) is 121 Å². The number of rotatable bonds is 7. The first-order chi connectivity index (χ1) is 13.9. The second-order valence-corrected chi connectivity index (χ2v) is 8.23. The zero-order chi connectivity index (χ0) is 19.0. The third kappa shape index (κ3) is 4.55. The van der Waals surface area contributed by atoms with Crippen LogP contribution in [0.2, 0.25) is 0 Å². The fourth-order valence-electron chi connectivity index (χ4n) is 3.11. The van der Waals surface area contributed by atoms with Crippen molar-refractivity contribution < 1.29 is 4.62 Å². The van der Waals surface area contributed by atoms with Crippen LogP contribution >= 0.6 is 8.15 Å². The van der Waals surface area contributed by atoms with Crippen LogP contribution in [0.1, 0.15) is 17.2 Å². The first-order valence-corrected chi connectivity index (χ1v) is 10.6. The Morgan fingerprint density at radius 1 is 0.500 bits per heavy atom. The maximum Gasteiger partial charge on any atom is 0.117 e. The van der Waals surface area contributed by atoms with E-state index in [1.54, 1.807) is 0 Å². The fraction of sp³-hybridized carbons (Fsp3) is 0.0400. The predicted octanol–water partition coefficient (Wildman–Crippen LogP) is 5.35. The lowest BCUT2D eigenvalue weighted by Gasteiger charge is -2.24. The zero-order valence-corrected chi connectivity index (χ0v) is 16.4. The minimum atomic E-state index is -0.975. The molecule has 4 rings (SSSR count). The Morgan fingerprint density at radius 3 is 1.25 bits per heavy atom. The fourth-order valence-corrected chi connectivity index (χ4v) is 4.71. The van der Waals surface area contributed by atoms with E-state index in [4.69, 9.17) is 4.62 Å². The van der Waals surface area contributed by atoms with Gasteiger partial charge in [0.2, 0.25) is 0 Å². The molecular weight excluding hydrogens is 361 g/mol. The van der Waals surface area contributed by atoms with Crippen LogP contribution in [0.3, 0.4) is 0 Å². The van der Waals surface area contributed by atoms with E-state index in [2.05, 4.69) is 103 Å². The molecule has 0 saturated carbocycles. The molecule has 0 atom stereocenters. The minimum Gasteiger partial charge on any atom is -0.269 e. The van der Waals surface area contributed by atoms with Crippen molar-refractivity contribution >= 4 is 18.8 Å². The lowest BCUT2D eigenvalue weighted by molar-refractivity contribution is 0.198. The molecule has 0 aliphatic heterocycles. The molecule has 3 heteroatoms. The highest BCUT2D eigenvalue weighted by atomic mass is 31.1. The number of nitrogens with one attached hydrogen (secondary N) is 1. The lowest BCUT2D eigenvalue weighted by atomic mass is 10.00. The summed E-state index contributed by atoms with van der Waals surface area (Å²) < 4.78 is 6.40. The molecule has 0 aliphatic rings. The molecule has 138 valence electrons. The second-order valence-electron chi connectivity index (χ2n) is 6.43. The topological polar surface area (TPSA) is 21.3 Å². The molecule has 0 bridgehead atoms. The van der Waals surface area contributed by atoms with Crippen molar-refractivity contribution in [2.75, 3.05) is 0 Å². The smallest absolute Gasteiger partial charge is 0.117 e. The van der Waals surface area contributed by atoms with Crippen molar-refractivity contribution in [3.63, 3.8) is 0 Å². The summed E-state index contributed by atoms with van der Waals surface area (Å²) in [5.74, 6) is 0. The van der Waals surface area contributed by atoms with Gasteiger partial charge in [0.05, 0.1) is 6.04 Å². The SMILES string of the molecule is c1ccc(C(NOP(c2ccccc2)c2ccccc2)c2ccccc2)cc1. The monoisotopic (exact) mass is 383 g/mol. The maximum atomic E-state index is 6.40. The summed E-state index contributed by atoms with van der Waals surface area (Å²) in [6, 6.07) is 41.6. The number of hydrogen-bond acceptors (Lipinski definition) is 2. The highest BCUT2D eigenvalue weighted by Crippen LogP contribution is 2.35. The van der Waals surface area contributed by atoms with E-state index in [9.17, 15) is 0 Å². The molecule has 0 amide bonds. The third-order valence-corrected chi connectivity index (χ3v) is 6.33. The van der Waals surface area contributed by atoms with E-state index in [1.807, 2.05) is 24.3 Å². The van der Waals surface area contributed by atoms with Crippen LogP contribution in [-0.2, 0) is 4.62 Å². The predicted molar refractivity (Wildman–Crippen MR) is 118 cm³/mol. The number of hydrogen-bond donors (Lipinski definition) is 1. The molecule has 0 unspecified atom stereocenters. The number of hydroxylamine groups is 1. The van der Waals surface area contributed by atoms with Crippen LogP contribution < -0.4 is 16.1 Å². The Bertz CT molecular complexity index is 800. The van der Waals surface area contributed by atoms with Gasteiger partial charge in [-0.25, -0.2) is 0 Å². The summed E-state index contributed by atoms with van der Waals surface area (Å²) in [7, 11) is -0.975. The molecular formula is C25H22NOP. The van der Waals surface area contributed by atoms with Crippen LogP contribution in [-0.4, -0.2) is 0 Å². The zero-order valence-electron chi connectivity index (χ0n) is 15.5. The minimum absolute atomic E-state index is 0.0418. The summed E-state index contributed by atoms with van der Waals surface area (Å²) in [6.07, 6.45) is 0. The standard InChI is InChI=1S/C25H22NOP/c1-5-13-21(14-6-1)25(22-15-7-2-8-16-22)26-27-28(23-17-9-3-10-18-23)24-19-11-4-12-20-24/h1-20,25-26H. The van der Waals surface area contributed by atoms with Crippen LogP contribution in [0.4, 0.5) is 0 Å². The maximum absolute atomic E-state index is 6.40. The van der Waals surface area contributed by atoms with E-state index in [0.717, 1.165) is 0 Å². The molecule has 4 aromatic rings. The van der Waals surface area contributed by atoms with Crippen molar-refractivity contribution in [3.8, 4) is 0 Å². The van der Waals surface area contributed by atoms with Gasteiger partial charge in [-0.15, -0.1) is 0 Å². The average Bonchev–Trinajstić information content (AvgIpc) is 2.79. The van der Waals surface area contributed by atoms with E-state index in [1.165, 1.54) is 21.7 Å². The van der Waals surface area contributed by atoms with Gasteiger partial charge in [-0.2, -0.15) is 5.48 Å². The van der Waals surface area contributed by atoms with E-state index < -0.39 is 8.15 Å². The van der Waals surface area contributed by atoms with Gasteiger partial charge in [0.15, 0.2) is 0 Å². The molecule has 2 nitrogen and oxygen atoms in total. The summed E-state index contributed by atoms with van der Waals surface area (Å²) >= 11 is 0. The molecule has 0 aliphatic carbocycles. The quantitative estimate of drug-likeness (QED) is 0.343. The molecule has 0 heterocycles. The van der Waals surface area contributed by atoms with Crippen molar-refractivity contribution in [1.29, 1.82) is 0 Å². The van der Waals surface area contributed by atoms with Gasteiger partial charge < -0.3 is 0 Å². The molecule has 0 fully saturated rings. The van der Waals surface area contributed by atoms with Crippen LogP contribution in [0.5, 0.6) is 0 Å². The molecule has 28 heavy (non-hydrogen) atoms. The van der Waals surface area contributed by atoms with E-state index in [0.29, 0.717) is 0 Å². The van der Waals surface area contributed by atoms with Gasteiger partial charge in [-0.05, 0) is 11.1 Å². The Hall–Kier alpha value is -2.77. The first kappa shape index (κ1) is 18.6. The molecule has 1 N–H and O–H groups in total. The number of benzene rings is 4. The summed E-state index contributed by atoms with van der Waals surface area (Å²) in [6.45, 7) is 0. The average molecular weight is 383 g/mol. The van der Waals surface area contributed by atoms with Crippen molar-refractivity contribution in [2.24, 2.45) is 0 Å². The van der Waals surface area contributed by atoms with Crippen LogP contribution in [0.15, 0.2) is 121 Å². The van der Waals surface area contributed by atoms with Gasteiger partial charge in [0.25, 0.3) is 0 Å². The third-order valence-electron chi connectivity index (χ3n) is 4.51. The molecule has 0 aromatic heterocycles. The van der Waals surface area contributed by atoms with Crippen molar-refractivity contribution in [1.82, 2.24) is 5.48 Å². The summed E-state index contributed by atoms with van der Waals surface area (Å²) in [4.78, 5) is 0. The van der Waals surface area contributed by atoms with Gasteiger partial charge in [-0.3, -0.25) is 4.62 Å². The first-order valence-electron chi connectivity index (χ1n) is 9.34. The normalized spacial score (nSPS) is 11.1. The van der Waals surface area contributed by atoms with Gasteiger partial charge in [0, 0.05) is 10.6 Å². The highest BCUT2D eigenvalue weighted by Gasteiger charge is 2.20. The van der Waals surface area contributed by atoms with Crippen LogP contribution in [0, 0.1) is 0 Å². The second kappa shape index (κ2) is 9.43. The Balaban J connectivity index is 1.64. The Morgan fingerprint density at radius 2 is 0.857 bits per heavy atom. The van der Waals surface area contributed by atoms with Gasteiger partial charge in [0.1, 0.15) is 8.15 Å². The molecule has 0 radical (unpaired) electrons. The van der Waals surface area contributed by atoms with Crippen molar-refractivity contribution in [3.05, 3.63) is 132 Å². The lowest BCUT2D eigenvalue weighted by Crippen LogP contribution is -2.25. The summed E-state index contributed by atoms with van der Waals surface area (Å²) in [5, 5.41) is 2.35. The van der Waals surface area contributed by atoms with Gasteiger partial charge >= 0.3 is 0 Å². The Labute approximate surface area is 167 Å². The molecule has 4 aromatic carbocycles. The molecule has 0 spiro atoms. The van der Waals surface area contributed by atoms with E-state index in [-0.39, 0.29) is 6.04 Å². The van der Waals surface area contributed by atoms with Crippen LogP contribution in [0.25, 0.3) is 0 Å². The van der Waals surface area contributed by atoms with Crippen molar-refractivity contribution in [2.45, 2.75) is 6.04 Å².